The van der Waals surface area contributed by atoms with Crippen molar-refractivity contribution in [1.29, 1.82) is 0 Å². The highest BCUT2D eigenvalue weighted by Gasteiger charge is 2.27. The van der Waals surface area contributed by atoms with Gasteiger partial charge in [0.05, 0.1) is 0 Å². The van der Waals surface area contributed by atoms with Gasteiger partial charge in [-0.05, 0) is 55.2 Å². The van der Waals surface area contributed by atoms with E-state index in [-0.39, 0.29) is 5.41 Å². The Morgan fingerprint density at radius 2 is 1.73 bits per heavy atom. The summed E-state index contributed by atoms with van der Waals surface area (Å²) in [6.45, 7) is 6.72. The van der Waals surface area contributed by atoms with E-state index in [9.17, 15) is 0 Å². The van der Waals surface area contributed by atoms with Crippen molar-refractivity contribution in [2.24, 2.45) is 5.73 Å². The molecule has 0 amide bonds. The van der Waals surface area contributed by atoms with Crippen molar-refractivity contribution < 1.29 is 0 Å². The fourth-order valence-corrected chi connectivity index (χ4v) is 3.69. The zero-order chi connectivity index (χ0) is 15.4. The fourth-order valence-electron chi connectivity index (χ4n) is 3.69. The average molecular weight is 296 g/mol. The van der Waals surface area contributed by atoms with Gasteiger partial charge in [0.2, 0.25) is 0 Å². The summed E-state index contributed by atoms with van der Waals surface area (Å²) < 4.78 is 0. The van der Waals surface area contributed by atoms with Gasteiger partial charge in [-0.15, -0.1) is 0 Å². The van der Waals surface area contributed by atoms with E-state index in [0.717, 1.165) is 13.0 Å². The smallest absolute Gasteiger partial charge is 0.00656 e. The molecule has 2 aromatic rings. The number of hydrogen-bond acceptors (Lipinski definition) is 2. The topological polar surface area (TPSA) is 29.3 Å². The molecular weight excluding hydrogens is 268 g/mol. The van der Waals surface area contributed by atoms with Gasteiger partial charge in [-0.2, -0.15) is 0 Å². The Balaban J connectivity index is 1.84. The Morgan fingerprint density at radius 1 is 1.00 bits per heavy atom. The second-order valence-corrected chi connectivity index (χ2v) is 6.94. The molecule has 1 aliphatic heterocycles. The van der Waals surface area contributed by atoms with Gasteiger partial charge in [0, 0.05) is 12.0 Å². The third-order valence-electron chi connectivity index (χ3n) is 5.32. The van der Waals surface area contributed by atoms with Gasteiger partial charge >= 0.3 is 0 Å². The minimum absolute atomic E-state index is 0.0539. The van der Waals surface area contributed by atoms with Crippen LogP contribution >= 0.6 is 0 Å². The van der Waals surface area contributed by atoms with Gasteiger partial charge in [0.25, 0.3) is 0 Å². The van der Waals surface area contributed by atoms with Crippen molar-refractivity contribution in [3.8, 4) is 0 Å². The van der Waals surface area contributed by atoms with Crippen LogP contribution in [0.2, 0.25) is 0 Å². The Bertz CT molecular complexity index is 611. The van der Waals surface area contributed by atoms with Gasteiger partial charge < -0.3 is 10.6 Å². The molecule has 0 bridgehead atoms. The molecule has 1 saturated heterocycles. The number of hydrogen-bond donors (Lipinski definition) is 1. The summed E-state index contributed by atoms with van der Waals surface area (Å²) in [5, 5.41) is 2.68. The number of benzene rings is 2. The number of fused-ring (bicyclic) bond motifs is 1. The minimum Gasteiger partial charge on any atom is -0.330 e. The Hall–Kier alpha value is -1.38. The van der Waals surface area contributed by atoms with E-state index >= 15 is 0 Å². The molecule has 1 heterocycles. The molecule has 1 atom stereocenters. The van der Waals surface area contributed by atoms with E-state index in [4.69, 9.17) is 5.73 Å². The van der Waals surface area contributed by atoms with Crippen LogP contribution < -0.4 is 5.73 Å². The third-order valence-corrected chi connectivity index (χ3v) is 5.32. The van der Waals surface area contributed by atoms with E-state index in [2.05, 4.69) is 54.3 Å². The average Bonchev–Trinajstić information content (AvgIpc) is 2.60. The lowest BCUT2D eigenvalue weighted by molar-refractivity contribution is 0.208. The molecule has 22 heavy (non-hydrogen) atoms. The summed E-state index contributed by atoms with van der Waals surface area (Å²) in [5.41, 5.74) is 7.69. The lowest BCUT2D eigenvalue weighted by Gasteiger charge is -2.34. The second-order valence-electron chi connectivity index (χ2n) is 6.94. The molecule has 2 heteroatoms. The number of nitrogens with zero attached hydrogens (tertiary/aromatic N) is 1. The number of likely N-dealkylation sites (tertiary alicyclic amines) is 1. The van der Waals surface area contributed by atoms with Crippen molar-refractivity contribution in [2.75, 3.05) is 26.2 Å². The molecule has 2 nitrogen and oxygen atoms in total. The molecule has 2 aromatic carbocycles. The molecule has 0 unspecified atom stereocenters. The molecular formula is C20H28N2. The first kappa shape index (κ1) is 15.5. The summed E-state index contributed by atoms with van der Waals surface area (Å²) in [5.74, 6) is 0. The lowest BCUT2D eigenvalue weighted by Crippen LogP contribution is -2.38. The second kappa shape index (κ2) is 6.80. The van der Waals surface area contributed by atoms with Crippen molar-refractivity contribution >= 4 is 10.8 Å². The summed E-state index contributed by atoms with van der Waals surface area (Å²) >= 11 is 0. The molecule has 0 spiro atoms. The zero-order valence-corrected chi connectivity index (χ0v) is 13.7. The molecule has 0 aliphatic carbocycles. The highest BCUT2D eigenvalue weighted by atomic mass is 15.1. The molecule has 1 aliphatic rings. The SMILES string of the molecule is C[C@@](CN)(CCN1CCCCC1)c1cccc2ccccc12. The highest BCUT2D eigenvalue weighted by Crippen LogP contribution is 2.33. The van der Waals surface area contributed by atoms with E-state index in [0.29, 0.717) is 6.54 Å². The van der Waals surface area contributed by atoms with Crippen molar-refractivity contribution in [3.05, 3.63) is 48.0 Å². The van der Waals surface area contributed by atoms with Crippen LogP contribution in [0.1, 0.15) is 38.2 Å². The van der Waals surface area contributed by atoms with Crippen LogP contribution in [0.3, 0.4) is 0 Å². The van der Waals surface area contributed by atoms with E-state index in [1.807, 2.05) is 0 Å². The summed E-state index contributed by atoms with van der Waals surface area (Å²) in [7, 11) is 0. The molecule has 3 rings (SSSR count). The van der Waals surface area contributed by atoms with E-state index in [1.54, 1.807) is 0 Å². The molecule has 0 saturated carbocycles. The summed E-state index contributed by atoms with van der Waals surface area (Å²) in [6.07, 6.45) is 5.24. The number of rotatable bonds is 5. The molecule has 0 aromatic heterocycles. The zero-order valence-electron chi connectivity index (χ0n) is 13.7. The largest absolute Gasteiger partial charge is 0.330 e. The fraction of sp³-hybridized carbons (Fsp3) is 0.500. The monoisotopic (exact) mass is 296 g/mol. The van der Waals surface area contributed by atoms with Crippen molar-refractivity contribution in [1.82, 2.24) is 4.90 Å². The molecule has 1 fully saturated rings. The van der Waals surface area contributed by atoms with Crippen LogP contribution in [0.25, 0.3) is 10.8 Å². The van der Waals surface area contributed by atoms with Crippen LogP contribution in [0, 0.1) is 0 Å². The predicted molar refractivity (Wildman–Crippen MR) is 95.3 cm³/mol. The van der Waals surface area contributed by atoms with Crippen LogP contribution in [-0.4, -0.2) is 31.1 Å². The van der Waals surface area contributed by atoms with Crippen LogP contribution in [-0.2, 0) is 5.41 Å². The maximum Gasteiger partial charge on any atom is 0.00656 e. The quantitative estimate of drug-likeness (QED) is 0.905. The molecule has 2 N–H and O–H groups in total. The molecule has 118 valence electrons. The third kappa shape index (κ3) is 3.18. The van der Waals surface area contributed by atoms with Crippen molar-refractivity contribution in [3.63, 3.8) is 0 Å². The first-order chi connectivity index (χ1) is 10.7. The maximum atomic E-state index is 6.23. The Kier molecular flexibility index (Phi) is 4.80. The normalized spacial score (nSPS) is 19.2. The molecule has 0 radical (unpaired) electrons. The summed E-state index contributed by atoms with van der Waals surface area (Å²) in [4.78, 5) is 2.61. The highest BCUT2D eigenvalue weighted by molar-refractivity contribution is 5.86. The summed E-state index contributed by atoms with van der Waals surface area (Å²) in [6, 6.07) is 15.3. The predicted octanol–water partition coefficient (Wildman–Crippen LogP) is 3.93. The van der Waals surface area contributed by atoms with E-state index < -0.39 is 0 Å². The van der Waals surface area contributed by atoms with Gasteiger partial charge in [-0.1, -0.05) is 55.8 Å². The van der Waals surface area contributed by atoms with E-state index in [1.165, 1.54) is 48.7 Å². The number of piperidine rings is 1. The first-order valence-electron chi connectivity index (χ1n) is 8.64. The Morgan fingerprint density at radius 3 is 2.50 bits per heavy atom. The lowest BCUT2D eigenvalue weighted by atomic mass is 9.77. The minimum atomic E-state index is 0.0539. The number of nitrogens with two attached hydrogens (primary N) is 1. The first-order valence-corrected chi connectivity index (χ1v) is 8.64. The van der Waals surface area contributed by atoms with Gasteiger partial charge in [0.1, 0.15) is 0 Å². The van der Waals surface area contributed by atoms with Crippen molar-refractivity contribution in [2.45, 2.75) is 38.0 Å². The van der Waals surface area contributed by atoms with Gasteiger partial charge in [-0.25, -0.2) is 0 Å². The Labute approximate surface area is 134 Å². The van der Waals surface area contributed by atoms with Crippen LogP contribution in [0.15, 0.2) is 42.5 Å². The van der Waals surface area contributed by atoms with Crippen LogP contribution in [0.4, 0.5) is 0 Å². The maximum absolute atomic E-state index is 6.23. The van der Waals surface area contributed by atoms with Gasteiger partial charge in [-0.3, -0.25) is 0 Å². The van der Waals surface area contributed by atoms with Gasteiger partial charge in [0.15, 0.2) is 0 Å². The van der Waals surface area contributed by atoms with Crippen LogP contribution in [0.5, 0.6) is 0 Å². The standard InChI is InChI=1S/C20H28N2/c1-20(16-21,12-15-22-13-5-2-6-14-22)19-11-7-9-17-8-3-4-10-18(17)19/h3-4,7-11H,2,5-6,12-16,21H2,1H3/t20-/m0/s1.